The van der Waals surface area contributed by atoms with E-state index in [2.05, 4.69) is 0 Å². The van der Waals surface area contributed by atoms with Crippen LogP contribution in [0.2, 0.25) is 0 Å². The van der Waals surface area contributed by atoms with Crippen LogP contribution in [-0.4, -0.2) is 17.7 Å². The maximum absolute atomic E-state index is 11.3. The number of rotatable bonds is 3. The molecule has 0 aliphatic rings. The summed E-state index contributed by atoms with van der Waals surface area (Å²) in [5.74, 6) is -0.303. The highest BCUT2D eigenvalue weighted by atomic mass is 16.5. The first kappa shape index (κ1) is 10.5. The summed E-state index contributed by atoms with van der Waals surface area (Å²) < 4.78 is 4.81. The smallest absolute Gasteiger partial charge is 0.338 e. The molecule has 0 saturated heterocycles. The first-order chi connectivity index (χ1) is 6.69. The lowest BCUT2D eigenvalue weighted by atomic mass is 10.1. The van der Waals surface area contributed by atoms with Crippen LogP contribution in [0.5, 0.6) is 5.75 Å². The van der Waals surface area contributed by atoms with E-state index in [1.54, 1.807) is 6.92 Å². The molecule has 0 saturated carbocycles. The Hall–Kier alpha value is -1.55. The molecule has 4 nitrogen and oxygen atoms in total. The quantitative estimate of drug-likeness (QED) is 0.706. The molecule has 0 fully saturated rings. The maximum Gasteiger partial charge on any atom is 0.338 e. The van der Waals surface area contributed by atoms with Crippen molar-refractivity contribution in [1.82, 2.24) is 0 Å². The van der Waals surface area contributed by atoms with Crippen LogP contribution in [0, 0.1) is 0 Å². The number of carbonyl (C=O) groups is 1. The molecule has 0 spiro atoms. The van der Waals surface area contributed by atoms with Crippen molar-refractivity contribution >= 4 is 5.97 Å². The number of esters is 1. The van der Waals surface area contributed by atoms with E-state index in [0.717, 1.165) is 0 Å². The van der Waals surface area contributed by atoms with E-state index >= 15 is 0 Å². The SMILES string of the molecule is CCOC(=O)c1ccc(O)c(CN)c1. The van der Waals surface area contributed by atoms with Gasteiger partial charge in [0.05, 0.1) is 12.2 Å². The minimum Gasteiger partial charge on any atom is -0.508 e. The van der Waals surface area contributed by atoms with Crippen LogP contribution >= 0.6 is 0 Å². The van der Waals surface area contributed by atoms with Crippen LogP contribution in [0.15, 0.2) is 18.2 Å². The van der Waals surface area contributed by atoms with Crippen molar-refractivity contribution in [2.24, 2.45) is 5.73 Å². The third kappa shape index (κ3) is 2.23. The molecule has 0 heterocycles. The number of phenolic OH excluding ortho intramolecular Hbond substituents is 1. The van der Waals surface area contributed by atoms with Crippen LogP contribution in [0.4, 0.5) is 0 Å². The van der Waals surface area contributed by atoms with Crippen LogP contribution in [0.25, 0.3) is 0 Å². The molecular weight excluding hydrogens is 182 g/mol. The van der Waals surface area contributed by atoms with Crippen molar-refractivity contribution in [3.63, 3.8) is 0 Å². The normalized spacial score (nSPS) is 9.86. The summed E-state index contributed by atoms with van der Waals surface area (Å²) in [6.45, 7) is 2.26. The van der Waals surface area contributed by atoms with Gasteiger partial charge in [0, 0.05) is 12.1 Å². The molecule has 76 valence electrons. The summed E-state index contributed by atoms with van der Waals surface area (Å²) in [6.07, 6.45) is 0. The van der Waals surface area contributed by atoms with Gasteiger partial charge in [-0.15, -0.1) is 0 Å². The third-order valence-electron chi connectivity index (χ3n) is 1.81. The minimum absolute atomic E-state index is 0.0977. The number of nitrogens with two attached hydrogens (primary N) is 1. The Balaban J connectivity index is 2.94. The van der Waals surface area contributed by atoms with Crippen molar-refractivity contribution in [3.05, 3.63) is 29.3 Å². The summed E-state index contributed by atoms with van der Waals surface area (Å²) in [4.78, 5) is 11.3. The Labute approximate surface area is 82.3 Å². The average Bonchev–Trinajstić information content (AvgIpc) is 2.19. The molecule has 3 N–H and O–H groups in total. The molecule has 1 aromatic rings. The second kappa shape index (κ2) is 4.62. The number of hydrogen-bond acceptors (Lipinski definition) is 4. The Bertz CT molecular complexity index is 336. The minimum atomic E-state index is -0.401. The fourth-order valence-corrected chi connectivity index (χ4v) is 1.09. The Morgan fingerprint density at radius 3 is 2.86 bits per heavy atom. The van der Waals surface area contributed by atoms with Gasteiger partial charge in [0.1, 0.15) is 5.75 Å². The van der Waals surface area contributed by atoms with E-state index in [0.29, 0.717) is 17.7 Å². The largest absolute Gasteiger partial charge is 0.508 e. The van der Waals surface area contributed by atoms with Gasteiger partial charge in [0.2, 0.25) is 0 Å². The number of ether oxygens (including phenoxy) is 1. The molecule has 0 unspecified atom stereocenters. The lowest BCUT2D eigenvalue weighted by Gasteiger charge is -2.05. The molecule has 14 heavy (non-hydrogen) atoms. The fraction of sp³-hybridized carbons (Fsp3) is 0.300. The van der Waals surface area contributed by atoms with Gasteiger partial charge in [0.25, 0.3) is 0 Å². The van der Waals surface area contributed by atoms with Gasteiger partial charge in [-0.05, 0) is 25.1 Å². The molecule has 0 bridgehead atoms. The highest BCUT2D eigenvalue weighted by Gasteiger charge is 2.08. The summed E-state index contributed by atoms with van der Waals surface area (Å²) >= 11 is 0. The predicted octanol–water partition coefficient (Wildman–Crippen LogP) is 1.03. The van der Waals surface area contributed by atoms with E-state index in [9.17, 15) is 9.90 Å². The molecule has 1 aromatic carbocycles. The first-order valence-corrected chi connectivity index (χ1v) is 4.38. The van der Waals surface area contributed by atoms with Crippen molar-refractivity contribution in [2.75, 3.05) is 6.61 Å². The van der Waals surface area contributed by atoms with Gasteiger partial charge in [-0.2, -0.15) is 0 Å². The lowest BCUT2D eigenvalue weighted by Crippen LogP contribution is -2.06. The number of hydrogen-bond donors (Lipinski definition) is 2. The topological polar surface area (TPSA) is 72.5 Å². The zero-order valence-corrected chi connectivity index (χ0v) is 7.99. The summed E-state index contributed by atoms with van der Waals surface area (Å²) in [7, 11) is 0. The van der Waals surface area contributed by atoms with Crippen LogP contribution in [-0.2, 0) is 11.3 Å². The third-order valence-corrected chi connectivity index (χ3v) is 1.81. The van der Waals surface area contributed by atoms with E-state index < -0.39 is 5.97 Å². The van der Waals surface area contributed by atoms with Gasteiger partial charge in [-0.25, -0.2) is 4.79 Å². The van der Waals surface area contributed by atoms with E-state index in [4.69, 9.17) is 10.5 Å². The standard InChI is InChI=1S/C10H13NO3/c1-2-14-10(13)7-3-4-9(12)8(5-7)6-11/h3-5,12H,2,6,11H2,1H3. The van der Waals surface area contributed by atoms with Gasteiger partial charge in [-0.3, -0.25) is 0 Å². The second-order valence-electron chi connectivity index (χ2n) is 2.77. The lowest BCUT2D eigenvalue weighted by molar-refractivity contribution is 0.0526. The van der Waals surface area contributed by atoms with Crippen molar-refractivity contribution in [3.8, 4) is 5.75 Å². The van der Waals surface area contributed by atoms with E-state index in [1.165, 1.54) is 18.2 Å². The van der Waals surface area contributed by atoms with Gasteiger partial charge >= 0.3 is 5.97 Å². The van der Waals surface area contributed by atoms with Gasteiger partial charge in [0.15, 0.2) is 0 Å². The molecule has 0 aromatic heterocycles. The Kier molecular flexibility index (Phi) is 3.48. The summed E-state index contributed by atoms with van der Waals surface area (Å²) in [5, 5.41) is 9.31. The molecule has 4 heteroatoms. The van der Waals surface area contributed by atoms with Crippen molar-refractivity contribution < 1.29 is 14.6 Å². The first-order valence-electron chi connectivity index (χ1n) is 4.38. The Morgan fingerprint density at radius 1 is 1.57 bits per heavy atom. The highest BCUT2D eigenvalue weighted by Crippen LogP contribution is 2.18. The molecule has 1 rings (SSSR count). The second-order valence-corrected chi connectivity index (χ2v) is 2.77. The number of benzene rings is 1. The van der Waals surface area contributed by atoms with Crippen molar-refractivity contribution in [2.45, 2.75) is 13.5 Å². The van der Waals surface area contributed by atoms with E-state index in [1.807, 2.05) is 0 Å². The fourth-order valence-electron chi connectivity index (χ4n) is 1.09. The number of phenols is 1. The van der Waals surface area contributed by atoms with Crippen LogP contribution < -0.4 is 5.73 Å². The average molecular weight is 195 g/mol. The number of aromatic hydroxyl groups is 1. The van der Waals surface area contributed by atoms with Crippen LogP contribution in [0.1, 0.15) is 22.8 Å². The Morgan fingerprint density at radius 2 is 2.29 bits per heavy atom. The maximum atomic E-state index is 11.3. The zero-order valence-electron chi connectivity index (χ0n) is 7.99. The van der Waals surface area contributed by atoms with Crippen molar-refractivity contribution in [1.29, 1.82) is 0 Å². The molecule has 0 radical (unpaired) electrons. The number of carbonyl (C=O) groups excluding carboxylic acids is 1. The van der Waals surface area contributed by atoms with Crippen LogP contribution in [0.3, 0.4) is 0 Å². The van der Waals surface area contributed by atoms with E-state index in [-0.39, 0.29) is 12.3 Å². The molecule has 0 aliphatic heterocycles. The summed E-state index contributed by atoms with van der Waals surface area (Å²) in [5.41, 5.74) is 6.33. The molecule has 0 aliphatic carbocycles. The summed E-state index contributed by atoms with van der Waals surface area (Å²) in [6, 6.07) is 4.48. The van der Waals surface area contributed by atoms with Gasteiger partial charge in [-0.1, -0.05) is 0 Å². The van der Waals surface area contributed by atoms with Gasteiger partial charge < -0.3 is 15.6 Å². The highest BCUT2D eigenvalue weighted by molar-refractivity contribution is 5.89. The predicted molar refractivity (Wildman–Crippen MR) is 52.0 cm³/mol. The molecule has 0 amide bonds. The monoisotopic (exact) mass is 195 g/mol. The molecular formula is C10H13NO3. The zero-order chi connectivity index (χ0) is 10.6. The molecule has 0 atom stereocenters.